The van der Waals surface area contributed by atoms with Gasteiger partial charge in [0, 0.05) is 41.3 Å². The molecule has 0 bridgehead atoms. The number of nitrogens with one attached hydrogen (secondary N) is 1. The third-order valence-electron chi connectivity index (χ3n) is 4.99. The molecule has 33 heavy (non-hydrogen) atoms. The van der Waals surface area contributed by atoms with Crippen LogP contribution >= 0.6 is 11.3 Å². The third kappa shape index (κ3) is 5.38. The zero-order chi connectivity index (χ0) is 23.4. The first-order chi connectivity index (χ1) is 15.9. The predicted octanol–water partition coefficient (Wildman–Crippen LogP) is 4.80. The van der Waals surface area contributed by atoms with Crippen LogP contribution in [0.25, 0.3) is 11.1 Å². The molecule has 0 fully saturated rings. The SMILES string of the molecule is COc1ccc(F)cc1-c1cc(C)ncc1C(=O)Nc1nnc(CCc2ccc(C)cn2)s1. The van der Waals surface area contributed by atoms with Crippen molar-refractivity contribution in [3.63, 3.8) is 0 Å². The van der Waals surface area contributed by atoms with Crippen LogP contribution in [0.15, 0.2) is 48.8 Å². The molecule has 0 unspecified atom stereocenters. The fourth-order valence-corrected chi connectivity index (χ4v) is 4.04. The minimum absolute atomic E-state index is 0.283. The molecular weight excluding hydrogens is 441 g/mol. The molecule has 0 aliphatic rings. The molecule has 9 heteroatoms. The summed E-state index contributed by atoms with van der Waals surface area (Å²) in [5, 5.41) is 12.2. The van der Waals surface area contributed by atoms with Crippen molar-refractivity contribution in [2.45, 2.75) is 26.7 Å². The van der Waals surface area contributed by atoms with Crippen LogP contribution in [0.4, 0.5) is 9.52 Å². The lowest BCUT2D eigenvalue weighted by Crippen LogP contribution is -2.14. The van der Waals surface area contributed by atoms with Crippen molar-refractivity contribution in [1.82, 2.24) is 20.2 Å². The zero-order valence-electron chi connectivity index (χ0n) is 18.4. The number of pyridine rings is 2. The van der Waals surface area contributed by atoms with Gasteiger partial charge in [-0.1, -0.05) is 17.4 Å². The molecule has 1 aromatic carbocycles. The number of rotatable bonds is 7. The summed E-state index contributed by atoms with van der Waals surface area (Å²) in [6.07, 6.45) is 4.70. The van der Waals surface area contributed by atoms with Gasteiger partial charge in [0.15, 0.2) is 0 Å². The van der Waals surface area contributed by atoms with Crippen LogP contribution in [0.3, 0.4) is 0 Å². The average Bonchev–Trinajstić information content (AvgIpc) is 3.25. The predicted molar refractivity (Wildman–Crippen MR) is 125 cm³/mol. The van der Waals surface area contributed by atoms with Gasteiger partial charge in [-0.05, 0) is 56.2 Å². The van der Waals surface area contributed by atoms with Crippen LogP contribution in [-0.4, -0.2) is 33.2 Å². The standard InChI is InChI=1S/C24H22FN5O2S/c1-14-4-6-17(27-12-14)7-9-22-29-30-24(33-22)28-23(31)20-13-26-15(2)10-18(20)19-11-16(25)5-8-21(19)32-3/h4-6,8,10-13H,7,9H2,1-3H3,(H,28,30,31). The number of carbonyl (C=O) groups excluding carboxylic acids is 1. The summed E-state index contributed by atoms with van der Waals surface area (Å²) in [6, 6.07) is 9.92. The lowest BCUT2D eigenvalue weighted by atomic mass is 9.99. The van der Waals surface area contributed by atoms with Gasteiger partial charge in [-0.25, -0.2) is 4.39 Å². The van der Waals surface area contributed by atoms with Gasteiger partial charge in [0.2, 0.25) is 5.13 Å². The Morgan fingerprint density at radius 1 is 1.03 bits per heavy atom. The van der Waals surface area contributed by atoms with E-state index in [-0.39, 0.29) is 5.56 Å². The number of ether oxygens (including phenoxy) is 1. The topological polar surface area (TPSA) is 89.9 Å². The molecule has 1 N–H and O–H groups in total. The van der Waals surface area contributed by atoms with Crippen LogP contribution in [0, 0.1) is 19.7 Å². The summed E-state index contributed by atoms with van der Waals surface area (Å²) >= 11 is 1.31. The fourth-order valence-electron chi connectivity index (χ4n) is 3.31. The van der Waals surface area contributed by atoms with Crippen LogP contribution in [0.5, 0.6) is 5.75 Å². The Morgan fingerprint density at radius 3 is 2.64 bits per heavy atom. The smallest absolute Gasteiger partial charge is 0.259 e. The van der Waals surface area contributed by atoms with Gasteiger partial charge < -0.3 is 4.74 Å². The molecule has 3 aromatic heterocycles. The summed E-state index contributed by atoms with van der Waals surface area (Å²) < 4.78 is 19.4. The van der Waals surface area contributed by atoms with E-state index in [0.717, 1.165) is 22.7 Å². The molecule has 0 saturated heterocycles. The first-order valence-corrected chi connectivity index (χ1v) is 11.1. The van der Waals surface area contributed by atoms with Gasteiger partial charge in [0.05, 0.1) is 12.7 Å². The van der Waals surface area contributed by atoms with E-state index >= 15 is 0 Å². The van der Waals surface area contributed by atoms with E-state index in [9.17, 15) is 9.18 Å². The number of amides is 1. The summed E-state index contributed by atoms with van der Waals surface area (Å²) in [6.45, 7) is 3.80. The van der Waals surface area contributed by atoms with Crippen molar-refractivity contribution in [2.24, 2.45) is 0 Å². The number of aromatic nitrogens is 4. The highest BCUT2D eigenvalue weighted by atomic mass is 32.1. The Bertz CT molecular complexity index is 1290. The van der Waals surface area contributed by atoms with Gasteiger partial charge >= 0.3 is 0 Å². The Kier molecular flexibility index (Phi) is 6.69. The highest BCUT2D eigenvalue weighted by molar-refractivity contribution is 7.15. The largest absolute Gasteiger partial charge is 0.496 e. The van der Waals surface area contributed by atoms with Crippen molar-refractivity contribution in [1.29, 1.82) is 0 Å². The third-order valence-corrected chi connectivity index (χ3v) is 5.89. The molecular formula is C24H22FN5O2S. The molecule has 1 amide bonds. The van der Waals surface area contributed by atoms with E-state index in [1.54, 1.807) is 13.0 Å². The first-order valence-electron chi connectivity index (χ1n) is 10.3. The number of anilines is 1. The maximum absolute atomic E-state index is 14.0. The first kappa shape index (κ1) is 22.5. The molecule has 4 rings (SSSR count). The number of carbonyl (C=O) groups is 1. The van der Waals surface area contributed by atoms with Gasteiger partial charge in [-0.2, -0.15) is 0 Å². The van der Waals surface area contributed by atoms with E-state index in [2.05, 4.69) is 25.5 Å². The Hall–Kier alpha value is -3.72. The average molecular weight is 464 g/mol. The molecule has 0 saturated carbocycles. The molecule has 0 radical (unpaired) electrons. The van der Waals surface area contributed by atoms with Gasteiger partial charge in [0.25, 0.3) is 5.91 Å². The summed E-state index contributed by atoms with van der Waals surface area (Å²) in [5.74, 6) is -0.380. The number of hydrogen-bond acceptors (Lipinski definition) is 7. The number of methoxy groups -OCH3 is 1. The maximum Gasteiger partial charge on any atom is 0.259 e. The van der Waals surface area contributed by atoms with Crippen LogP contribution < -0.4 is 10.1 Å². The van der Waals surface area contributed by atoms with Crippen LogP contribution in [0.2, 0.25) is 0 Å². The van der Waals surface area contributed by atoms with E-state index in [1.807, 2.05) is 25.3 Å². The van der Waals surface area contributed by atoms with Gasteiger partial charge in [-0.3, -0.25) is 20.1 Å². The van der Waals surface area contributed by atoms with Crippen molar-refractivity contribution < 1.29 is 13.9 Å². The zero-order valence-corrected chi connectivity index (χ0v) is 19.2. The lowest BCUT2D eigenvalue weighted by Gasteiger charge is -2.13. The van der Waals surface area contributed by atoms with Crippen molar-refractivity contribution in [2.75, 3.05) is 12.4 Å². The number of halogens is 1. The Labute approximate surface area is 194 Å². The Balaban J connectivity index is 1.53. The molecule has 0 atom stereocenters. The molecule has 7 nitrogen and oxygen atoms in total. The summed E-state index contributed by atoms with van der Waals surface area (Å²) in [5.41, 5.74) is 4.05. The fraction of sp³-hybridized carbons (Fsp3) is 0.208. The number of nitrogens with zero attached hydrogens (tertiary/aromatic N) is 4. The molecule has 168 valence electrons. The molecule has 3 heterocycles. The monoisotopic (exact) mass is 463 g/mol. The van der Waals surface area contributed by atoms with E-state index < -0.39 is 11.7 Å². The highest BCUT2D eigenvalue weighted by Crippen LogP contribution is 2.33. The maximum atomic E-state index is 14.0. The molecule has 0 spiro atoms. The molecule has 0 aliphatic heterocycles. The van der Waals surface area contributed by atoms with Crippen LogP contribution in [0.1, 0.15) is 32.3 Å². The highest BCUT2D eigenvalue weighted by Gasteiger charge is 2.19. The van der Waals surface area contributed by atoms with Gasteiger partial charge in [0.1, 0.15) is 16.6 Å². The second kappa shape index (κ2) is 9.83. The minimum atomic E-state index is -0.427. The number of hydrogen-bond donors (Lipinski definition) is 1. The molecule has 0 aliphatic carbocycles. The summed E-state index contributed by atoms with van der Waals surface area (Å²) in [7, 11) is 1.50. The van der Waals surface area contributed by atoms with E-state index in [0.29, 0.717) is 34.1 Å². The normalized spacial score (nSPS) is 10.8. The van der Waals surface area contributed by atoms with Crippen molar-refractivity contribution in [3.05, 3.63) is 82.1 Å². The summed E-state index contributed by atoms with van der Waals surface area (Å²) in [4.78, 5) is 21.7. The van der Waals surface area contributed by atoms with Crippen LogP contribution in [-0.2, 0) is 12.8 Å². The van der Waals surface area contributed by atoms with Crippen molar-refractivity contribution in [3.8, 4) is 16.9 Å². The molecule has 4 aromatic rings. The van der Waals surface area contributed by atoms with Crippen molar-refractivity contribution >= 4 is 22.4 Å². The quantitative estimate of drug-likeness (QED) is 0.424. The second-order valence-corrected chi connectivity index (χ2v) is 8.56. The second-order valence-electron chi connectivity index (χ2n) is 7.50. The Morgan fingerprint density at radius 2 is 1.88 bits per heavy atom. The number of aryl methyl sites for hydroxylation is 4. The van der Waals surface area contributed by atoms with Gasteiger partial charge in [-0.15, -0.1) is 10.2 Å². The van der Waals surface area contributed by atoms with E-state index in [4.69, 9.17) is 4.74 Å². The minimum Gasteiger partial charge on any atom is -0.496 e. The van der Waals surface area contributed by atoms with E-state index in [1.165, 1.54) is 42.8 Å². The number of benzene rings is 1. The lowest BCUT2D eigenvalue weighted by molar-refractivity contribution is 0.102.